The van der Waals surface area contributed by atoms with E-state index in [-0.39, 0.29) is 0 Å². The second kappa shape index (κ2) is 5.55. The Morgan fingerprint density at radius 2 is 1.68 bits per heavy atom. The predicted molar refractivity (Wildman–Crippen MR) is 76.4 cm³/mol. The Morgan fingerprint density at radius 1 is 1.00 bits per heavy atom. The van der Waals surface area contributed by atoms with Crippen LogP contribution in [0.3, 0.4) is 0 Å². The molecule has 0 saturated carbocycles. The summed E-state index contributed by atoms with van der Waals surface area (Å²) in [5.41, 5.74) is 3.21. The lowest BCUT2D eigenvalue weighted by Gasteiger charge is -2.09. The molecule has 2 aromatic rings. The van der Waals surface area contributed by atoms with Gasteiger partial charge in [-0.2, -0.15) is 0 Å². The Balaban J connectivity index is 2.17. The molecule has 0 aliphatic heterocycles. The van der Waals surface area contributed by atoms with E-state index in [0.29, 0.717) is 11.4 Å². The van der Waals surface area contributed by atoms with E-state index in [2.05, 4.69) is 4.72 Å². The molecule has 0 spiro atoms. The number of nitrogens with one attached hydrogen (secondary N) is 1. The summed E-state index contributed by atoms with van der Waals surface area (Å²) in [6.07, 6.45) is 0. The SMILES string of the molecule is Cc1ccc(C)c(CNS(=O)(=O)c2ccccc2)c1. The predicted octanol–water partition coefficient (Wildman–Crippen LogP) is 2.78. The quantitative estimate of drug-likeness (QED) is 0.932. The van der Waals surface area contributed by atoms with Crippen LogP contribution in [0.15, 0.2) is 53.4 Å². The van der Waals surface area contributed by atoms with Gasteiger partial charge in [0, 0.05) is 6.54 Å². The Hall–Kier alpha value is -1.65. The molecule has 0 atom stereocenters. The van der Waals surface area contributed by atoms with E-state index in [4.69, 9.17) is 0 Å². The van der Waals surface area contributed by atoms with Gasteiger partial charge in [-0.05, 0) is 37.1 Å². The van der Waals surface area contributed by atoms with Crippen molar-refractivity contribution >= 4 is 10.0 Å². The molecule has 0 aromatic heterocycles. The molecule has 0 saturated heterocycles. The third kappa shape index (κ3) is 3.43. The summed E-state index contributed by atoms with van der Waals surface area (Å²) in [4.78, 5) is 0.292. The Kier molecular flexibility index (Phi) is 4.02. The third-order valence-corrected chi connectivity index (χ3v) is 4.43. The molecule has 0 aliphatic rings. The van der Waals surface area contributed by atoms with E-state index in [9.17, 15) is 8.42 Å². The van der Waals surface area contributed by atoms with Crippen LogP contribution in [0.5, 0.6) is 0 Å². The van der Waals surface area contributed by atoms with Crippen LogP contribution >= 0.6 is 0 Å². The summed E-state index contributed by atoms with van der Waals surface area (Å²) in [5.74, 6) is 0. The topological polar surface area (TPSA) is 46.2 Å². The Morgan fingerprint density at radius 3 is 2.37 bits per heavy atom. The second-order valence-corrected chi connectivity index (χ2v) is 6.33. The van der Waals surface area contributed by atoms with Crippen molar-refractivity contribution in [3.05, 3.63) is 65.2 Å². The molecule has 0 unspecified atom stereocenters. The first kappa shape index (κ1) is 13.8. The van der Waals surface area contributed by atoms with Crippen LogP contribution in [-0.4, -0.2) is 8.42 Å². The summed E-state index contributed by atoms with van der Waals surface area (Å²) >= 11 is 0. The van der Waals surface area contributed by atoms with Crippen molar-refractivity contribution in [2.24, 2.45) is 0 Å². The standard InChI is InChI=1S/C15H17NO2S/c1-12-8-9-13(2)14(10-12)11-16-19(17,18)15-6-4-3-5-7-15/h3-10,16H,11H2,1-2H3. The number of benzene rings is 2. The molecule has 2 aromatic carbocycles. The van der Waals surface area contributed by atoms with E-state index in [1.54, 1.807) is 30.3 Å². The molecule has 0 aliphatic carbocycles. The number of sulfonamides is 1. The fraction of sp³-hybridized carbons (Fsp3) is 0.200. The normalized spacial score (nSPS) is 11.5. The first-order valence-electron chi connectivity index (χ1n) is 6.10. The van der Waals surface area contributed by atoms with Crippen LogP contribution in [0.2, 0.25) is 0 Å². The van der Waals surface area contributed by atoms with Crippen molar-refractivity contribution in [3.63, 3.8) is 0 Å². The zero-order valence-corrected chi connectivity index (χ0v) is 11.9. The number of aryl methyl sites for hydroxylation is 2. The summed E-state index contributed by atoms with van der Waals surface area (Å²) < 4.78 is 26.8. The van der Waals surface area contributed by atoms with Gasteiger partial charge < -0.3 is 0 Å². The first-order valence-corrected chi connectivity index (χ1v) is 7.58. The summed E-state index contributed by atoms with van der Waals surface area (Å²) in [5, 5.41) is 0. The Labute approximate surface area is 114 Å². The maximum atomic E-state index is 12.1. The summed E-state index contributed by atoms with van der Waals surface area (Å²) in [6, 6.07) is 14.4. The van der Waals surface area contributed by atoms with Gasteiger partial charge in [0.2, 0.25) is 10.0 Å². The van der Waals surface area contributed by atoms with Crippen molar-refractivity contribution in [3.8, 4) is 0 Å². The minimum atomic E-state index is -3.44. The highest BCUT2D eigenvalue weighted by Crippen LogP contribution is 2.12. The highest BCUT2D eigenvalue weighted by atomic mass is 32.2. The maximum Gasteiger partial charge on any atom is 0.240 e. The average molecular weight is 275 g/mol. The van der Waals surface area contributed by atoms with Gasteiger partial charge in [0.05, 0.1) is 4.90 Å². The Bertz CT molecular complexity index is 664. The average Bonchev–Trinajstić information content (AvgIpc) is 2.41. The monoisotopic (exact) mass is 275 g/mol. The van der Waals surface area contributed by atoms with Gasteiger partial charge >= 0.3 is 0 Å². The molecular formula is C15H17NO2S. The lowest BCUT2D eigenvalue weighted by molar-refractivity contribution is 0.581. The fourth-order valence-electron chi connectivity index (χ4n) is 1.85. The molecule has 0 amide bonds. The minimum absolute atomic E-state index is 0.292. The van der Waals surface area contributed by atoms with Crippen LogP contribution in [0.4, 0.5) is 0 Å². The highest BCUT2D eigenvalue weighted by Gasteiger charge is 2.13. The molecule has 2 rings (SSSR count). The zero-order valence-electron chi connectivity index (χ0n) is 11.1. The van der Waals surface area contributed by atoms with E-state index in [1.165, 1.54) is 0 Å². The molecule has 0 heterocycles. The molecule has 0 fully saturated rings. The number of hydrogen-bond donors (Lipinski definition) is 1. The summed E-state index contributed by atoms with van der Waals surface area (Å²) in [6.45, 7) is 4.28. The molecular weight excluding hydrogens is 258 g/mol. The largest absolute Gasteiger partial charge is 0.240 e. The molecule has 3 nitrogen and oxygen atoms in total. The fourth-order valence-corrected chi connectivity index (χ4v) is 2.87. The van der Waals surface area contributed by atoms with Crippen LogP contribution in [0.25, 0.3) is 0 Å². The van der Waals surface area contributed by atoms with Crippen molar-refractivity contribution in [2.75, 3.05) is 0 Å². The second-order valence-electron chi connectivity index (χ2n) is 4.57. The zero-order chi connectivity index (χ0) is 13.9. The number of hydrogen-bond acceptors (Lipinski definition) is 2. The van der Waals surface area contributed by atoms with Gasteiger partial charge in [0.15, 0.2) is 0 Å². The van der Waals surface area contributed by atoms with E-state index in [0.717, 1.165) is 16.7 Å². The lowest BCUT2D eigenvalue weighted by Crippen LogP contribution is -2.23. The molecule has 4 heteroatoms. The van der Waals surface area contributed by atoms with Gasteiger partial charge in [0.25, 0.3) is 0 Å². The third-order valence-electron chi connectivity index (χ3n) is 3.01. The van der Waals surface area contributed by atoms with Gasteiger partial charge in [-0.25, -0.2) is 13.1 Å². The van der Waals surface area contributed by atoms with Crippen molar-refractivity contribution in [2.45, 2.75) is 25.3 Å². The molecule has 100 valence electrons. The van der Waals surface area contributed by atoms with Gasteiger partial charge in [0.1, 0.15) is 0 Å². The maximum absolute atomic E-state index is 12.1. The van der Waals surface area contributed by atoms with Gasteiger partial charge in [-0.1, -0.05) is 42.0 Å². The van der Waals surface area contributed by atoms with Crippen LogP contribution in [0, 0.1) is 13.8 Å². The first-order chi connectivity index (χ1) is 8.99. The van der Waals surface area contributed by atoms with Crippen molar-refractivity contribution < 1.29 is 8.42 Å². The van der Waals surface area contributed by atoms with E-state index in [1.807, 2.05) is 32.0 Å². The smallest absolute Gasteiger partial charge is 0.207 e. The van der Waals surface area contributed by atoms with Crippen LogP contribution in [-0.2, 0) is 16.6 Å². The lowest BCUT2D eigenvalue weighted by atomic mass is 10.1. The van der Waals surface area contributed by atoms with E-state index >= 15 is 0 Å². The van der Waals surface area contributed by atoms with E-state index < -0.39 is 10.0 Å². The molecule has 19 heavy (non-hydrogen) atoms. The molecule has 0 bridgehead atoms. The van der Waals surface area contributed by atoms with Crippen molar-refractivity contribution in [1.29, 1.82) is 0 Å². The number of rotatable bonds is 4. The van der Waals surface area contributed by atoms with Crippen LogP contribution in [0.1, 0.15) is 16.7 Å². The van der Waals surface area contributed by atoms with Gasteiger partial charge in [-0.3, -0.25) is 0 Å². The minimum Gasteiger partial charge on any atom is -0.207 e. The van der Waals surface area contributed by atoms with Crippen LogP contribution < -0.4 is 4.72 Å². The molecule has 1 N–H and O–H groups in total. The van der Waals surface area contributed by atoms with Crippen molar-refractivity contribution in [1.82, 2.24) is 4.72 Å². The summed E-state index contributed by atoms with van der Waals surface area (Å²) in [7, 11) is -3.44. The highest BCUT2D eigenvalue weighted by molar-refractivity contribution is 7.89. The van der Waals surface area contributed by atoms with Gasteiger partial charge in [-0.15, -0.1) is 0 Å². The molecule has 0 radical (unpaired) electrons.